The van der Waals surface area contributed by atoms with Crippen molar-refractivity contribution in [3.63, 3.8) is 0 Å². The van der Waals surface area contributed by atoms with Gasteiger partial charge in [0.05, 0.1) is 0 Å². The number of hydrogen-bond acceptors (Lipinski definition) is 0. The van der Waals surface area contributed by atoms with Gasteiger partial charge in [-0.1, -0.05) is 58.4 Å². The molecule has 0 aliphatic rings. The Balaban J connectivity index is 2.60. The first-order chi connectivity index (χ1) is 7.20. The zero-order valence-electron chi connectivity index (χ0n) is 8.92. The third-order valence-electron chi connectivity index (χ3n) is 2.66. The van der Waals surface area contributed by atoms with Crippen molar-refractivity contribution in [3.05, 3.63) is 58.1 Å². The van der Waals surface area contributed by atoms with Gasteiger partial charge in [-0.15, -0.1) is 0 Å². The quantitative estimate of drug-likeness (QED) is 0.696. The number of rotatable bonds is 1. The van der Waals surface area contributed by atoms with E-state index in [0.717, 1.165) is 0 Å². The Bertz CT molecular complexity index is 472. The highest BCUT2D eigenvalue weighted by Gasteiger charge is 2.05. The molecule has 1 heteroatoms. The van der Waals surface area contributed by atoms with Gasteiger partial charge in [0.2, 0.25) is 0 Å². The molecule has 0 atom stereocenters. The molecular weight excluding hydrogens is 248 g/mol. The summed E-state index contributed by atoms with van der Waals surface area (Å²) in [6.45, 7) is 4.27. The second-order valence-corrected chi connectivity index (χ2v) is 4.53. The van der Waals surface area contributed by atoms with Gasteiger partial charge in [-0.3, -0.25) is 0 Å². The SMILES string of the molecule is Cc1ccc(-c2ccccc2)c(C)c1Br. The van der Waals surface area contributed by atoms with Crippen LogP contribution < -0.4 is 0 Å². The van der Waals surface area contributed by atoms with Gasteiger partial charge < -0.3 is 0 Å². The van der Waals surface area contributed by atoms with Crippen LogP contribution in [0.5, 0.6) is 0 Å². The molecule has 0 spiro atoms. The number of benzene rings is 2. The van der Waals surface area contributed by atoms with E-state index in [0.29, 0.717) is 0 Å². The Kier molecular flexibility index (Phi) is 2.92. The molecule has 0 radical (unpaired) electrons. The van der Waals surface area contributed by atoms with E-state index >= 15 is 0 Å². The van der Waals surface area contributed by atoms with E-state index in [9.17, 15) is 0 Å². The fourth-order valence-corrected chi connectivity index (χ4v) is 2.10. The van der Waals surface area contributed by atoms with Crippen LogP contribution >= 0.6 is 15.9 Å². The fourth-order valence-electron chi connectivity index (χ4n) is 1.75. The first-order valence-electron chi connectivity index (χ1n) is 5.01. The van der Waals surface area contributed by atoms with Crippen LogP contribution in [0.1, 0.15) is 11.1 Å². The minimum atomic E-state index is 1.21. The average Bonchev–Trinajstić information content (AvgIpc) is 2.27. The van der Waals surface area contributed by atoms with Gasteiger partial charge in [0, 0.05) is 4.47 Å². The van der Waals surface area contributed by atoms with Crippen molar-refractivity contribution < 1.29 is 0 Å². The molecule has 0 nitrogen and oxygen atoms in total. The van der Waals surface area contributed by atoms with Crippen LogP contribution in [0.3, 0.4) is 0 Å². The van der Waals surface area contributed by atoms with Crippen molar-refractivity contribution in [2.24, 2.45) is 0 Å². The van der Waals surface area contributed by atoms with Crippen molar-refractivity contribution in [3.8, 4) is 11.1 Å². The monoisotopic (exact) mass is 260 g/mol. The van der Waals surface area contributed by atoms with Crippen LogP contribution in [0.4, 0.5) is 0 Å². The van der Waals surface area contributed by atoms with E-state index < -0.39 is 0 Å². The van der Waals surface area contributed by atoms with E-state index in [2.05, 4.69) is 66.2 Å². The first-order valence-corrected chi connectivity index (χ1v) is 5.80. The number of hydrogen-bond donors (Lipinski definition) is 0. The molecule has 15 heavy (non-hydrogen) atoms. The molecule has 0 N–H and O–H groups in total. The van der Waals surface area contributed by atoms with Gasteiger partial charge in [-0.25, -0.2) is 0 Å². The Morgan fingerprint density at radius 1 is 0.867 bits per heavy atom. The number of halogens is 1. The standard InChI is InChI=1S/C14H13Br/c1-10-8-9-13(11(2)14(10)15)12-6-4-3-5-7-12/h3-9H,1-2H3. The summed E-state index contributed by atoms with van der Waals surface area (Å²) in [5, 5.41) is 0. The smallest absolute Gasteiger partial charge is 0.0239 e. The Labute approximate surface area is 99.1 Å². The third-order valence-corrected chi connectivity index (χ3v) is 3.88. The molecule has 0 aliphatic carbocycles. The maximum Gasteiger partial charge on any atom is 0.0239 e. The van der Waals surface area contributed by atoms with E-state index in [4.69, 9.17) is 0 Å². The fraction of sp³-hybridized carbons (Fsp3) is 0.143. The molecule has 0 bridgehead atoms. The summed E-state index contributed by atoms with van der Waals surface area (Å²) in [5.74, 6) is 0. The Morgan fingerprint density at radius 2 is 1.53 bits per heavy atom. The normalized spacial score (nSPS) is 10.3. The average molecular weight is 261 g/mol. The summed E-state index contributed by atoms with van der Waals surface area (Å²) < 4.78 is 1.21. The molecule has 76 valence electrons. The summed E-state index contributed by atoms with van der Waals surface area (Å²) in [6, 6.07) is 14.8. The summed E-state index contributed by atoms with van der Waals surface area (Å²) >= 11 is 3.63. The highest BCUT2D eigenvalue weighted by Crippen LogP contribution is 2.30. The van der Waals surface area contributed by atoms with E-state index in [1.54, 1.807) is 0 Å². The summed E-state index contributed by atoms with van der Waals surface area (Å²) in [7, 11) is 0. The van der Waals surface area contributed by atoms with Crippen molar-refractivity contribution in [1.29, 1.82) is 0 Å². The predicted molar refractivity (Wildman–Crippen MR) is 69.1 cm³/mol. The summed E-state index contributed by atoms with van der Waals surface area (Å²) in [5.41, 5.74) is 5.16. The second-order valence-electron chi connectivity index (χ2n) is 3.74. The minimum absolute atomic E-state index is 1.21. The molecule has 0 aliphatic heterocycles. The molecule has 2 aromatic rings. The zero-order chi connectivity index (χ0) is 10.8. The lowest BCUT2D eigenvalue weighted by atomic mass is 9.99. The van der Waals surface area contributed by atoms with Crippen LogP contribution in [-0.2, 0) is 0 Å². The topological polar surface area (TPSA) is 0 Å². The third kappa shape index (κ3) is 1.98. The molecule has 0 saturated heterocycles. The lowest BCUT2D eigenvalue weighted by Gasteiger charge is -2.09. The summed E-state index contributed by atoms with van der Waals surface area (Å²) in [6.07, 6.45) is 0. The van der Waals surface area contributed by atoms with E-state index in [1.165, 1.54) is 26.7 Å². The van der Waals surface area contributed by atoms with E-state index in [-0.39, 0.29) is 0 Å². The van der Waals surface area contributed by atoms with Crippen LogP contribution in [0, 0.1) is 13.8 Å². The lowest BCUT2D eigenvalue weighted by molar-refractivity contribution is 1.34. The molecular formula is C14H13Br. The molecule has 2 aromatic carbocycles. The van der Waals surface area contributed by atoms with Crippen molar-refractivity contribution in [1.82, 2.24) is 0 Å². The van der Waals surface area contributed by atoms with Crippen LogP contribution in [0.2, 0.25) is 0 Å². The highest BCUT2D eigenvalue weighted by atomic mass is 79.9. The molecule has 0 heterocycles. The van der Waals surface area contributed by atoms with Gasteiger partial charge >= 0.3 is 0 Å². The number of aryl methyl sites for hydroxylation is 1. The molecule has 0 fully saturated rings. The van der Waals surface area contributed by atoms with Crippen LogP contribution in [-0.4, -0.2) is 0 Å². The maximum absolute atomic E-state index is 3.63. The maximum atomic E-state index is 3.63. The van der Waals surface area contributed by atoms with E-state index in [1.807, 2.05) is 6.07 Å². The van der Waals surface area contributed by atoms with Crippen molar-refractivity contribution in [2.75, 3.05) is 0 Å². The zero-order valence-corrected chi connectivity index (χ0v) is 10.5. The highest BCUT2D eigenvalue weighted by molar-refractivity contribution is 9.10. The summed E-state index contributed by atoms with van der Waals surface area (Å²) in [4.78, 5) is 0. The van der Waals surface area contributed by atoms with Crippen molar-refractivity contribution >= 4 is 15.9 Å². The van der Waals surface area contributed by atoms with Gasteiger partial charge in [-0.2, -0.15) is 0 Å². The predicted octanol–water partition coefficient (Wildman–Crippen LogP) is 4.73. The second kappa shape index (κ2) is 4.19. The van der Waals surface area contributed by atoms with Crippen molar-refractivity contribution in [2.45, 2.75) is 13.8 Å². The Morgan fingerprint density at radius 3 is 2.20 bits per heavy atom. The molecule has 0 amide bonds. The van der Waals surface area contributed by atoms with Gasteiger partial charge in [0.1, 0.15) is 0 Å². The van der Waals surface area contributed by atoms with Gasteiger partial charge in [0.25, 0.3) is 0 Å². The first kappa shape index (κ1) is 10.4. The van der Waals surface area contributed by atoms with Gasteiger partial charge in [-0.05, 0) is 36.1 Å². The van der Waals surface area contributed by atoms with Gasteiger partial charge in [0.15, 0.2) is 0 Å². The minimum Gasteiger partial charge on any atom is -0.0622 e. The largest absolute Gasteiger partial charge is 0.0622 e. The Hall–Kier alpha value is -1.08. The van der Waals surface area contributed by atoms with Crippen LogP contribution in [0.25, 0.3) is 11.1 Å². The van der Waals surface area contributed by atoms with Crippen LogP contribution in [0.15, 0.2) is 46.9 Å². The lowest BCUT2D eigenvalue weighted by Crippen LogP contribution is -1.87. The molecule has 0 unspecified atom stereocenters. The molecule has 0 aromatic heterocycles. The molecule has 0 saturated carbocycles. The molecule has 2 rings (SSSR count).